The first-order valence-corrected chi connectivity index (χ1v) is 8.73. The van der Waals surface area contributed by atoms with Crippen LogP contribution in [0.3, 0.4) is 0 Å². The van der Waals surface area contributed by atoms with E-state index in [0.29, 0.717) is 6.07 Å². The van der Waals surface area contributed by atoms with Crippen molar-refractivity contribution in [2.75, 3.05) is 12.4 Å². The van der Waals surface area contributed by atoms with Gasteiger partial charge in [-0.1, -0.05) is 12.1 Å². The Morgan fingerprint density at radius 2 is 1.03 bits per heavy atom. The number of methoxy groups -OCH3 is 1. The molecular weight excluding hydrogens is 578 g/mol. The van der Waals surface area contributed by atoms with Gasteiger partial charge in [0.2, 0.25) is 0 Å². The van der Waals surface area contributed by atoms with Gasteiger partial charge in [0.1, 0.15) is 5.75 Å². The van der Waals surface area contributed by atoms with Crippen LogP contribution >= 0.6 is 11.6 Å². The second-order valence-electron chi connectivity index (χ2n) is 6.67. The van der Waals surface area contributed by atoms with Gasteiger partial charge < -0.3 is 10.1 Å². The molecule has 1 aromatic carbocycles. The zero-order valence-electron chi connectivity index (χ0n) is 16.6. The maximum atomic E-state index is 13.9. The summed E-state index contributed by atoms with van der Waals surface area (Å²) >= 11 is 3.43. The molecule has 0 saturated carbocycles. The molecule has 0 aliphatic rings. The van der Waals surface area contributed by atoms with E-state index in [9.17, 15) is 75.0 Å². The van der Waals surface area contributed by atoms with Crippen LogP contribution in [0, 0.1) is 0 Å². The van der Waals surface area contributed by atoms with Gasteiger partial charge in [0.25, 0.3) is 0 Å². The van der Waals surface area contributed by atoms with Crippen molar-refractivity contribution in [3.05, 3.63) is 24.3 Å². The topological polar surface area (TPSA) is 38.3 Å². The van der Waals surface area contributed by atoms with Crippen molar-refractivity contribution in [3.63, 3.8) is 0 Å². The molecule has 0 spiro atoms. The van der Waals surface area contributed by atoms with Gasteiger partial charge in [0.05, 0.1) is 12.8 Å². The minimum Gasteiger partial charge on any atom is -0.495 e. The van der Waals surface area contributed by atoms with Crippen molar-refractivity contribution < 1.29 is 79.8 Å². The normalized spacial score (nSPS) is 15.1. The third-order valence-corrected chi connectivity index (χ3v) is 4.60. The summed E-state index contributed by atoms with van der Waals surface area (Å²) in [6.07, 6.45) is 0. The molecule has 1 amide bonds. The number of rotatable bonds is 10. The Morgan fingerprint density at radius 1 is 0.667 bits per heavy atom. The maximum Gasteiger partial charge on any atom is 0.393 e. The van der Waals surface area contributed by atoms with Crippen LogP contribution in [0.4, 0.5) is 75.9 Å². The van der Waals surface area contributed by atoms with Crippen LogP contribution in [0.15, 0.2) is 24.3 Å². The highest BCUT2D eigenvalue weighted by Gasteiger charge is 2.95. The number of anilines is 1. The zero-order valence-corrected chi connectivity index (χ0v) is 17.3. The Kier molecular flexibility index (Phi) is 7.83. The number of para-hydroxylation sites is 2. The van der Waals surface area contributed by atoms with Crippen LogP contribution in [-0.2, 0) is 4.79 Å². The summed E-state index contributed by atoms with van der Waals surface area (Å²) in [5, 5.41) is -6.07. The number of amides is 1. The van der Waals surface area contributed by atoms with Gasteiger partial charge in [-0.25, -0.2) is 0 Å². The Labute approximate surface area is 193 Å². The van der Waals surface area contributed by atoms with Gasteiger partial charge in [-0.3, -0.25) is 4.79 Å². The standard InChI is InChI=1S/C16H8ClF16NO2/c1-36-7-5-3-2-4-6(7)34-8(35)9(18,19)10(20,21)11(22,23)12(24,25)13(26,27)14(28,29)15(30,31)16(17,32)33/h2-5H,1H3,(H,34,35). The van der Waals surface area contributed by atoms with E-state index in [2.05, 4.69) is 16.3 Å². The Bertz CT molecular complexity index is 975. The monoisotopic (exact) mass is 585 g/mol. The molecule has 0 fully saturated rings. The fraction of sp³-hybridized carbons (Fsp3) is 0.562. The molecule has 0 aliphatic carbocycles. The number of hydrogen-bond donors (Lipinski definition) is 1. The van der Waals surface area contributed by atoms with E-state index in [-0.39, 0.29) is 0 Å². The van der Waals surface area contributed by atoms with Gasteiger partial charge >= 0.3 is 52.7 Å². The molecule has 0 saturated heterocycles. The summed E-state index contributed by atoms with van der Waals surface area (Å²) in [6, 6.07) is 3.43. The second kappa shape index (κ2) is 8.90. The molecule has 208 valence electrons. The average molecular weight is 586 g/mol. The quantitative estimate of drug-likeness (QED) is 0.239. The van der Waals surface area contributed by atoms with E-state index in [1.165, 1.54) is 0 Å². The van der Waals surface area contributed by atoms with Gasteiger partial charge in [0.15, 0.2) is 0 Å². The molecule has 1 rings (SSSR count). The Hall–Kier alpha value is -2.34. The van der Waals surface area contributed by atoms with Gasteiger partial charge in [-0.2, -0.15) is 70.2 Å². The fourth-order valence-corrected chi connectivity index (χ4v) is 2.37. The molecule has 3 nitrogen and oxygen atoms in total. The van der Waals surface area contributed by atoms with E-state index in [1.807, 2.05) is 0 Å². The molecule has 1 N–H and O–H groups in total. The Balaban J connectivity index is 3.60. The molecule has 0 unspecified atom stereocenters. The third-order valence-electron chi connectivity index (χ3n) is 4.36. The molecule has 0 aromatic heterocycles. The lowest BCUT2D eigenvalue weighted by Gasteiger charge is -2.42. The lowest BCUT2D eigenvalue weighted by molar-refractivity contribution is -0.445. The van der Waals surface area contributed by atoms with E-state index in [4.69, 9.17) is 0 Å². The first-order valence-electron chi connectivity index (χ1n) is 8.36. The molecule has 0 heterocycles. The predicted molar refractivity (Wildman–Crippen MR) is 87.1 cm³/mol. The van der Waals surface area contributed by atoms with Crippen molar-refractivity contribution in [2.24, 2.45) is 0 Å². The van der Waals surface area contributed by atoms with Crippen molar-refractivity contribution in [1.82, 2.24) is 0 Å². The van der Waals surface area contributed by atoms with Crippen molar-refractivity contribution >= 4 is 23.2 Å². The number of carbonyl (C=O) groups is 1. The van der Waals surface area contributed by atoms with E-state index in [1.54, 1.807) is 0 Å². The van der Waals surface area contributed by atoms with Crippen LogP contribution in [-0.4, -0.2) is 59.9 Å². The SMILES string of the molecule is COc1ccccc1NC(=O)C(F)(F)C(F)(F)C(F)(F)C(F)(F)C(F)(F)C(F)(F)C(F)(F)C(F)(F)Cl. The number of halogens is 17. The van der Waals surface area contributed by atoms with Crippen LogP contribution in [0.1, 0.15) is 0 Å². The number of hydrogen-bond acceptors (Lipinski definition) is 2. The molecule has 0 bridgehead atoms. The summed E-state index contributed by atoms with van der Waals surface area (Å²) in [7, 11) is 0.800. The highest BCUT2D eigenvalue weighted by atomic mass is 35.5. The summed E-state index contributed by atoms with van der Waals surface area (Å²) < 4.78 is 219. The lowest BCUT2D eigenvalue weighted by Crippen LogP contribution is -2.75. The van der Waals surface area contributed by atoms with Gasteiger partial charge in [0, 0.05) is 0 Å². The molecule has 0 atom stereocenters. The molecule has 0 radical (unpaired) electrons. The molecule has 0 aliphatic heterocycles. The fourth-order valence-electron chi connectivity index (χ4n) is 2.26. The van der Waals surface area contributed by atoms with E-state index in [0.717, 1.165) is 30.6 Å². The van der Waals surface area contributed by atoms with Crippen molar-refractivity contribution in [2.45, 2.75) is 46.8 Å². The molecule has 1 aromatic rings. The maximum absolute atomic E-state index is 13.9. The summed E-state index contributed by atoms with van der Waals surface area (Å²) in [5.74, 6) is -61.4. The Morgan fingerprint density at radius 3 is 1.42 bits per heavy atom. The number of alkyl halides is 17. The second-order valence-corrected chi connectivity index (χ2v) is 7.15. The summed E-state index contributed by atoms with van der Waals surface area (Å²) in [6.45, 7) is 0. The summed E-state index contributed by atoms with van der Waals surface area (Å²) in [4.78, 5) is 11.5. The van der Waals surface area contributed by atoms with Crippen molar-refractivity contribution in [3.8, 4) is 5.75 Å². The van der Waals surface area contributed by atoms with Crippen LogP contribution in [0.2, 0.25) is 0 Å². The zero-order chi connectivity index (χ0) is 29.0. The minimum atomic E-state index is -8.65. The van der Waals surface area contributed by atoms with Gasteiger partial charge in [-0.15, -0.1) is 0 Å². The smallest absolute Gasteiger partial charge is 0.393 e. The number of nitrogens with one attached hydrogen (secondary N) is 1. The molecule has 36 heavy (non-hydrogen) atoms. The first kappa shape index (κ1) is 31.7. The molecule has 20 heteroatoms. The highest BCUT2D eigenvalue weighted by Crippen LogP contribution is 2.64. The van der Waals surface area contributed by atoms with E-state index < -0.39 is 64.2 Å². The third kappa shape index (κ3) is 4.25. The highest BCUT2D eigenvalue weighted by molar-refractivity contribution is 6.22. The van der Waals surface area contributed by atoms with Crippen LogP contribution < -0.4 is 10.1 Å². The first-order chi connectivity index (χ1) is 15.7. The predicted octanol–water partition coefficient (Wildman–Crippen LogP) is 6.91. The number of carbonyl (C=O) groups excluding carboxylic acids is 1. The molecular formula is C16H8ClF16NO2. The average Bonchev–Trinajstić information content (AvgIpc) is 2.72. The van der Waals surface area contributed by atoms with Gasteiger partial charge in [-0.05, 0) is 23.7 Å². The van der Waals surface area contributed by atoms with Crippen LogP contribution in [0.5, 0.6) is 5.75 Å². The minimum absolute atomic E-state index is 0.598. The summed E-state index contributed by atoms with van der Waals surface area (Å²) in [5.41, 5.74) is -1.00. The number of ether oxygens (including phenoxy) is 1. The van der Waals surface area contributed by atoms with E-state index >= 15 is 0 Å². The number of benzene rings is 1. The lowest BCUT2D eigenvalue weighted by atomic mass is 9.89. The van der Waals surface area contributed by atoms with Crippen LogP contribution in [0.25, 0.3) is 0 Å². The van der Waals surface area contributed by atoms with Crippen molar-refractivity contribution in [1.29, 1.82) is 0 Å². The largest absolute Gasteiger partial charge is 0.495 e.